The standard InChI is InChI=1S/C14H25N7O/c1-9(17-10-6-4-5-7-10)8-21(3)14-18-13(16-2)11(12(15)22)19-20-14/h9-10,17H,4-8H2,1-3H3,(H2,15,22)(H,16,18,20). The SMILES string of the molecule is CNc1nc(N(C)CC(C)NC2CCCC2)nnc1C(N)=O. The molecule has 1 aliphatic carbocycles. The lowest BCUT2D eigenvalue weighted by Crippen LogP contribution is -2.42. The van der Waals surface area contributed by atoms with Crippen LogP contribution in [0.15, 0.2) is 0 Å². The van der Waals surface area contributed by atoms with Crippen molar-refractivity contribution in [2.45, 2.75) is 44.7 Å². The number of likely N-dealkylation sites (N-methyl/N-ethyl adjacent to an activating group) is 1. The summed E-state index contributed by atoms with van der Waals surface area (Å²) in [5, 5.41) is 14.3. The van der Waals surface area contributed by atoms with Gasteiger partial charge in [0.05, 0.1) is 0 Å². The van der Waals surface area contributed by atoms with Crippen LogP contribution in [-0.2, 0) is 0 Å². The van der Waals surface area contributed by atoms with Crippen LogP contribution in [0.2, 0.25) is 0 Å². The summed E-state index contributed by atoms with van der Waals surface area (Å²) in [6.45, 7) is 2.91. The van der Waals surface area contributed by atoms with Crippen molar-refractivity contribution in [2.24, 2.45) is 5.73 Å². The van der Waals surface area contributed by atoms with Crippen LogP contribution in [-0.4, -0.2) is 53.8 Å². The summed E-state index contributed by atoms with van der Waals surface area (Å²) in [7, 11) is 3.58. The number of hydrogen-bond donors (Lipinski definition) is 3. The van der Waals surface area contributed by atoms with Gasteiger partial charge in [0.1, 0.15) is 0 Å². The van der Waals surface area contributed by atoms with E-state index in [1.165, 1.54) is 25.7 Å². The highest BCUT2D eigenvalue weighted by Crippen LogP contribution is 2.18. The number of amides is 1. The number of primary amides is 1. The van der Waals surface area contributed by atoms with Crippen LogP contribution in [0.4, 0.5) is 11.8 Å². The van der Waals surface area contributed by atoms with E-state index in [1.807, 2.05) is 11.9 Å². The number of rotatable bonds is 7. The second-order valence-electron chi connectivity index (χ2n) is 5.85. The molecular weight excluding hydrogens is 282 g/mol. The number of carbonyl (C=O) groups excluding carboxylic acids is 1. The minimum atomic E-state index is -0.644. The van der Waals surface area contributed by atoms with E-state index >= 15 is 0 Å². The zero-order valence-corrected chi connectivity index (χ0v) is 13.5. The molecule has 1 amide bonds. The number of hydrogen-bond acceptors (Lipinski definition) is 7. The van der Waals surface area contributed by atoms with Crippen molar-refractivity contribution in [2.75, 3.05) is 30.9 Å². The normalized spacial score (nSPS) is 16.5. The van der Waals surface area contributed by atoms with Gasteiger partial charge in [-0.3, -0.25) is 4.79 Å². The minimum Gasteiger partial charge on any atom is -0.371 e. The highest BCUT2D eigenvalue weighted by atomic mass is 16.1. The second-order valence-corrected chi connectivity index (χ2v) is 5.85. The van der Waals surface area contributed by atoms with Gasteiger partial charge in [-0.15, -0.1) is 10.2 Å². The van der Waals surface area contributed by atoms with Crippen molar-refractivity contribution in [1.29, 1.82) is 0 Å². The van der Waals surface area contributed by atoms with Gasteiger partial charge in [-0.05, 0) is 19.8 Å². The number of nitrogens with one attached hydrogen (secondary N) is 2. The van der Waals surface area contributed by atoms with Crippen LogP contribution in [0.3, 0.4) is 0 Å². The molecule has 122 valence electrons. The number of anilines is 2. The highest BCUT2D eigenvalue weighted by molar-refractivity contribution is 5.95. The molecule has 4 N–H and O–H groups in total. The summed E-state index contributed by atoms with van der Waals surface area (Å²) in [4.78, 5) is 17.5. The first kappa shape index (κ1) is 16.4. The van der Waals surface area contributed by atoms with E-state index in [2.05, 4.69) is 32.7 Å². The molecule has 1 atom stereocenters. The Morgan fingerprint density at radius 3 is 2.68 bits per heavy atom. The topological polar surface area (TPSA) is 109 Å². The predicted molar refractivity (Wildman–Crippen MR) is 86.0 cm³/mol. The maximum atomic E-state index is 11.2. The molecule has 0 spiro atoms. The Labute approximate surface area is 130 Å². The number of nitrogens with zero attached hydrogens (tertiary/aromatic N) is 4. The molecule has 0 bridgehead atoms. The van der Waals surface area contributed by atoms with Gasteiger partial charge in [0.25, 0.3) is 5.91 Å². The summed E-state index contributed by atoms with van der Waals surface area (Å²) < 4.78 is 0. The fourth-order valence-corrected chi connectivity index (χ4v) is 2.86. The molecule has 1 unspecified atom stereocenters. The first-order valence-corrected chi connectivity index (χ1v) is 7.70. The van der Waals surface area contributed by atoms with E-state index in [4.69, 9.17) is 5.73 Å². The molecule has 2 rings (SSSR count). The van der Waals surface area contributed by atoms with Crippen LogP contribution >= 0.6 is 0 Å². The predicted octanol–water partition coefficient (Wildman–Crippen LogP) is 0.369. The number of carbonyl (C=O) groups is 1. The van der Waals surface area contributed by atoms with Gasteiger partial charge in [-0.25, -0.2) is 0 Å². The Kier molecular flexibility index (Phi) is 5.48. The lowest BCUT2D eigenvalue weighted by atomic mass is 10.2. The Morgan fingerprint density at radius 1 is 1.41 bits per heavy atom. The van der Waals surface area contributed by atoms with Crippen molar-refractivity contribution >= 4 is 17.7 Å². The van der Waals surface area contributed by atoms with Crippen LogP contribution in [0.25, 0.3) is 0 Å². The van der Waals surface area contributed by atoms with Crippen LogP contribution in [0, 0.1) is 0 Å². The van der Waals surface area contributed by atoms with Crippen LogP contribution in [0.5, 0.6) is 0 Å². The third-order valence-electron chi connectivity index (χ3n) is 3.91. The molecule has 1 fully saturated rings. The molecule has 8 nitrogen and oxygen atoms in total. The average molecular weight is 307 g/mol. The Morgan fingerprint density at radius 2 is 2.09 bits per heavy atom. The van der Waals surface area contributed by atoms with Crippen LogP contribution < -0.4 is 21.3 Å². The molecule has 1 heterocycles. The van der Waals surface area contributed by atoms with Gasteiger partial charge in [0, 0.05) is 32.7 Å². The Bertz CT molecular complexity index is 516. The first-order chi connectivity index (χ1) is 10.5. The zero-order chi connectivity index (χ0) is 16.1. The van der Waals surface area contributed by atoms with Gasteiger partial charge in [0.15, 0.2) is 11.5 Å². The fourth-order valence-electron chi connectivity index (χ4n) is 2.86. The molecule has 1 aromatic heterocycles. The zero-order valence-electron chi connectivity index (χ0n) is 13.5. The maximum Gasteiger partial charge on any atom is 0.273 e. The molecule has 1 saturated carbocycles. The van der Waals surface area contributed by atoms with E-state index in [-0.39, 0.29) is 5.69 Å². The van der Waals surface area contributed by atoms with E-state index in [0.717, 1.165) is 6.54 Å². The molecular formula is C14H25N7O. The summed E-state index contributed by atoms with van der Waals surface area (Å²) in [5.74, 6) is 0.171. The lowest BCUT2D eigenvalue weighted by Gasteiger charge is -2.25. The van der Waals surface area contributed by atoms with Gasteiger partial charge in [0.2, 0.25) is 5.95 Å². The summed E-state index contributed by atoms with van der Waals surface area (Å²) in [6, 6.07) is 0.943. The third-order valence-corrected chi connectivity index (χ3v) is 3.91. The summed E-state index contributed by atoms with van der Waals surface area (Å²) >= 11 is 0. The van der Waals surface area contributed by atoms with E-state index in [9.17, 15) is 4.79 Å². The van der Waals surface area contributed by atoms with Gasteiger partial charge in [-0.2, -0.15) is 4.98 Å². The lowest BCUT2D eigenvalue weighted by molar-refractivity contribution is 0.0995. The molecule has 0 aliphatic heterocycles. The Hall–Kier alpha value is -1.96. The van der Waals surface area contributed by atoms with Gasteiger partial charge >= 0.3 is 0 Å². The van der Waals surface area contributed by atoms with Crippen molar-refractivity contribution < 1.29 is 4.79 Å². The van der Waals surface area contributed by atoms with E-state index < -0.39 is 5.91 Å². The number of nitrogens with two attached hydrogens (primary N) is 1. The fraction of sp³-hybridized carbons (Fsp3) is 0.714. The Balaban J connectivity index is 1.99. The highest BCUT2D eigenvalue weighted by Gasteiger charge is 2.19. The molecule has 0 radical (unpaired) electrons. The van der Waals surface area contributed by atoms with Gasteiger partial charge < -0.3 is 21.3 Å². The van der Waals surface area contributed by atoms with Crippen molar-refractivity contribution in [1.82, 2.24) is 20.5 Å². The number of aromatic nitrogens is 3. The average Bonchev–Trinajstić information content (AvgIpc) is 2.98. The van der Waals surface area contributed by atoms with Crippen LogP contribution in [0.1, 0.15) is 43.1 Å². The molecule has 1 aliphatic rings. The minimum absolute atomic E-state index is 0.0526. The smallest absolute Gasteiger partial charge is 0.273 e. The molecule has 1 aromatic rings. The second kappa shape index (κ2) is 7.35. The maximum absolute atomic E-state index is 11.2. The summed E-state index contributed by atoms with van der Waals surface area (Å²) in [5.41, 5.74) is 5.30. The van der Waals surface area contributed by atoms with E-state index in [0.29, 0.717) is 23.8 Å². The van der Waals surface area contributed by atoms with Gasteiger partial charge in [-0.1, -0.05) is 12.8 Å². The third kappa shape index (κ3) is 4.03. The largest absolute Gasteiger partial charge is 0.371 e. The molecule has 0 aromatic carbocycles. The summed E-state index contributed by atoms with van der Waals surface area (Å²) in [6.07, 6.45) is 5.13. The monoisotopic (exact) mass is 307 g/mol. The van der Waals surface area contributed by atoms with Crippen molar-refractivity contribution in [3.05, 3.63) is 5.69 Å². The van der Waals surface area contributed by atoms with Crippen molar-refractivity contribution in [3.63, 3.8) is 0 Å². The molecule has 0 saturated heterocycles. The van der Waals surface area contributed by atoms with E-state index in [1.54, 1.807) is 7.05 Å². The van der Waals surface area contributed by atoms with Crippen molar-refractivity contribution in [3.8, 4) is 0 Å². The quantitative estimate of drug-likeness (QED) is 0.667. The molecule has 8 heteroatoms. The first-order valence-electron chi connectivity index (χ1n) is 7.70. The molecule has 22 heavy (non-hydrogen) atoms.